The van der Waals surface area contributed by atoms with E-state index in [1.807, 2.05) is 0 Å². The number of aliphatic carboxylic acids is 1. The van der Waals surface area contributed by atoms with Gasteiger partial charge >= 0.3 is 11.9 Å². The molecule has 0 saturated heterocycles. The number of nitrogens with zero attached hydrogens (tertiary/aromatic N) is 2. The average Bonchev–Trinajstić information content (AvgIpc) is 2.72. The summed E-state index contributed by atoms with van der Waals surface area (Å²) in [6.07, 6.45) is 0. The number of anilines is 1. The molecule has 0 unspecified atom stereocenters. The van der Waals surface area contributed by atoms with Gasteiger partial charge in [-0.05, 0) is 12.1 Å². The fraction of sp³-hybridized carbons (Fsp3) is 0.438. The van der Waals surface area contributed by atoms with Crippen LogP contribution in [0.5, 0.6) is 0 Å². The van der Waals surface area contributed by atoms with E-state index in [-0.39, 0.29) is 11.5 Å². The van der Waals surface area contributed by atoms with Crippen LogP contribution in [0.3, 0.4) is 0 Å². The lowest BCUT2D eigenvalue weighted by Gasteiger charge is -2.15. The summed E-state index contributed by atoms with van der Waals surface area (Å²) in [5.74, 6) is -4.86. The van der Waals surface area contributed by atoms with Crippen molar-refractivity contribution in [1.82, 2.24) is 0 Å². The number of Topliss-reactive ketones (excluding diaryl/α,β-unsaturated/α-hetero) is 1. The first kappa shape index (κ1) is 25.4. The molecule has 15 heteroatoms. The van der Waals surface area contributed by atoms with Crippen LogP contribution in [0.15, 0.2) is 30.3 Å². The van der Waals surface area contributed by atoms with Gasteiger partial charge in [-0.25, -0.2) is 9.59 Å². The molecule has 0 aliphatic heterocycles. The second kappa shape index (κ2) is 13.6. The molecule has 0 aromatic heterocycles. The Kier molecular flexibility index (Phi) is 11.1. The topological polar surface area (TPSA) is 197 Å². The predicted octanol–water partition coefficient (Wildman–Crippen LogP) is 0.430. The van der Waals surface area contributed by atoms with Gasteiger partial charge in [0.2, 0.25) is 5.78 Å². The molecule has 0 fully saturated rings. The van der Waals surface area contributed by atoms with E-state index in [4.69, 9.17) is 4.74 Å². The molecule has 0 saturated carbocycles. The van der Waals surface area contributed by atoms with Crippen molar-refractivity contribution in [2.45, 2.75) is 6.04 Å². The molecule has 0 aliphatic carbocycles. The van der Waals surface area contributed by atoms with Crippen molar-refractivity contribution in [3.63, 3.8) is 0 Å². The Morgan fingerprint density at radius 2 is 1.61 bits per heavy atom. The maximum Gasteiger partial charge on any atom is 0.375 e. The van der Waals surface area contributed by atoms with Crippen LogP contribution in [0, 0.1) is 26.1 Å². The lowest BCUT2D eigenvalue weighted by molar-refractivity contribution is -0.768. The maximum atomic E-state index is 11.9. The van der Waals surface area contributed by atoms with Crippen LogP contribution >= 0.6 is 11.8 Å². The molecule has 14 nitrogen and oxygen atoms in total. The highest BCUT2D eigenvalue weighted by Crippen LogP contribution is 2.12. The summed E-state index contributed by atoms with van der Waals surface area (Å²) in [5, 5.41) is 30.2. The number of benzene rings is 1. The van der Waals surface area contributed by atoms with Crippen molar-refractivity contribution < 1.29 is 44.1 Å². The highest BCUT2D eigenvalue weighted by molar-refractivity contribution is 8.00. The number of esters is 1. The van der Waals surface area contributed by atoms with E-state index in [9.17, 15) is 39.7 Å². The smallest absolute Gasteiger partial charge is 0.375 e. The van der Waals surface area contributed by atoms with E-state index < -0.39 is 59.7 Å². The van der Waals surface area contributed by atoms with Gasteiger partial charge in [-0.15, -0.1) is 20.2 Å². The zero-order valence-corrected chi connectivity index (χ0v) is 16.7. The monoisotopic (exact) mass is 461 g/mol. The minimum atomic E-state index is -1.28. The van der Waals surface area contributed by atoms with Gasteiger partial charge in [0.15, 0.2) is 0 Å². The molecule has 1 rings (SSSR count). The summed E-state index contributed by atoms with van der Waals surface area (Å²) >= 11 is 0.886. The van der Waals surface area contributed by atoms with Gasteiger partial charge in [-0.1, -0.05) is 18.2 Å². The molecular formula is C16H19N3O11S. The molecule has 1 aromatic carbocycles. The van der Waals surface area contributed by atoms with Gasteiger partial charge in [-0.3, -0.25) is 4.79 Å². The number of carbonyl (C=O) groups excluding carboxylic acids is 2. The number of ketones is 1. The number of carboxylic acid groups (broad SMARTS) is 1. The van der Waals surface area contributed by atoms with E-state index in [0.29, 0.717) is 5.69 Å². The minimum absolute atomic E-state index is 0.0285. The Balaban J connectivity index is 2.44. The summed E-state index contributed by atoms with van der Waals surface area (Å²) in [6, 6.07) is 7.52. The standard InChI is InChI=1S/C16H19N3O11S/c20-14(10-31-9-13(15(21)22)17-12-4-2-1-3-5-12)16(23)28-6-11(7-29-18(24)25)8-30-19(26)27/h1-5,11,13,17H,6-10H2,(H,21,22)/t13-/m0/s1. The number of hydrogen-bond donors (Lipinski definition) is 2. The molecule has 31 heavy (non-hydrogen) atoms. The molecule has 0 aliphatic rings. The van der Waals surface area contributed by atoms with Crippen molar-refractivity contribution in [1.29, 1.82) is 0 Å². The molecule has 1 aromatic rings. The largest absolute Gasteiger partial charge is 0.480 e. The summed E-state index contributed by atoms with van der Waals surface area (Å²) in [6.45, 7) is -1.89. The van der Waals surface area contributed by atoms with Crippen molar-refractivity contribution in [3.05, 3.63) is 50.6 Å². The molecule has 0 radical (unpaired) electrons. The predicted molar refractivity (Wildman–Crippen MR) is 104 cm³/mol. The highest BCUT2D eigenvalue weighted by atomic mass is 32.2. The Bertz CT molecular complexity index is 759. The number of rotatable bonds is 16. The van der Waals surface area contributed by atoms with Gasteiger partial charge in [0.1, 0.15) is 19.3 Å². The zero-order chi connectivity index (χ0) is 23.2. The van der Waals surface area contributed by atoms with Crippen molar-refractivity contribution in [2.24, 2.45) is 5.92 Å². The molecule has 2 N–H and O–H groups in total. The van der Waals surface area contributed by atoms with Crippen LogP contribution in [0.2, 0.25) is 0 Å². The number of ether oxygens (including phenoxy) is 1. The third kappa shape index (κ3) is 11.2. The number of hydrogen-bond acceptors (Lipinski definition) is 12. The summed E-state index contributed by atoms with van der Waals surface area (Å²) in [5.41, 5.74) is 0.571. The fourth-order valence-corrected chi connectivity index (χ4v) is 2.87. The first-order chi connectivity index (χ1) is 14.7. The second-order valence-corrected chi connectivity index (χ2v) is 6.87. The molecule has 0 bridgehead atoms. The molecule has 0 spiro atoms. The molecule has 170 valence electrons. The summed E-state index contributed by atoms with van der Waals surface area (Å²) in [7, 11) is 0. The lowest BCUT2D eigenvalue weighted by atomic mass is 10.2. The van der Waals surface area contributed by atoms with E-state index in [0.717, 1.165) is 11.8 Å². The van der Waals surface area contributed by atoms with Crippen LogP contribution < -0.4 is 5.32 Å². The SMILES string of the molecule is O=C(CSC[C@H](Nc1ccccc1)C(=O)O)C(=O)OCC(CO[N+](=O)[O-])CO[N+](=O)[O-]. The first-order valence-electron chi connectivity index (χ1n) is 8.55. The summed E-state index contributed by atoms with van der Waals surface area (Å²) < 4.78 is 4.69. The number of carbonyl (C=O) groups is 3. The van der Waals surface area contributed by atoms with Crippen LogP contribution in [0.1, 0.15) is 0 Å². The van der Waals surface area contributed by atoms with Gasteiger partial charge in [-0.2, -0.15) is 11.8 Å². The molecule has 0 heterocycles. The third-order valence-corrected chi connectivity index (χ3v) is 4.47. The highest BCUT2D eigenvalue weighted by Gasteiger charge is 2.22. The van der Waals surface area contributed by atoms with Crippen molar-refractivity contribution in [3.8, 4) is 0 Å². The zero-order valence-electron chi connectivity index (χ0n) is 15.9. The van der Waals surface area contributed by atoms with Crippen LogP contribution in [0.25, 0.3) is 0 Å². The number of para-hydroxylation sites is 1. The van der Waals surface area contributed by atoms with E-state index >= 15 is 0 Å². The second-order valence-electron chi connectivity index (χ2n) is 5.84. The number of carboxylic acids is 1. The Morgan fingerprint density at radius 1 is 1.03 bits per heavy atom. The van der Waals surface area contributed by atoms with Gasteiger partial charge in [0, 0.05) is 17.4 Å². The van der Waals surface area contributed by atoms with Crippen LogP contribution in [-0.4, -0.2) is 70.4 Å². The minimum Gasteiger partial charge on any atom is -0.480 e. The van der Waals surface area contributed by atoms with Crippen LogP contribution in [0.4, 0.5) is 5.69 Å². The Morgan fingerprint density at radius 3 is 2.13 bits per heavy atom. The van der Waals surface area contributed by atoms with Gasteiger partial charge in [0.25, 0.3) is 10.2 Å². The Hall–Kier alpha value is -3.62. The normalized spacial score (nSPS) is 11.3. The van der Waals surface area contributed by atoms with E-state index in [1.165, 1.54) is 0 Å². The molecule has 0 amide bonds. The van der Waals surface area contributed by atoms with Gasteiger partial charge < -0.3 is 24.8 Å². The maximum absolute atomic E-state index is 11.9. The fourth-order valence-electron chi connectivity index (χ4n) is 1.99. The van der Waals surface area contributed by atoms with Crippen molar-refractivity contribution in [2.75, 3.05) is 36.6 Å². The quantitative estimate of drug-likeness (QED) is 0.149. The number of nitrogens with one attached hydrogen (secondary N) is 1. The molecule has 1 atom stereocenters. The lowest BCUT2D eigenvalue weighted by Crippen LogP contribution is -2.32. The number of thioether (sulfide) groups is 1. The van der Waals surface area contributed by atoms with Gasteiger partial charge in [0.05, 0.1) is 12.4 Å². The summed E-state index contributed by atoms with van der Waals surface area (Å²) in [4.78, 5) is 63.5. The van der Waals surface area contributed by atoms with E-state index in [2.05, 4.69) is 15.0 Å². The van der Waals surface area contributed by atoms with Crippen molar-refractivity contribution >= 4 is 35.2 Å². The Labute approximate surface area is 179 Å². The molecular weight excluding hydrogens is 442 g/mol. The third-order valence-electron chi connectivity index (χ3n) is 3.44. The van der Waals surface area contributed by atoms with Crippen LogP contribution in [-0.2, 0) is 28.8 Å². The average molecular weight is 461 g/mol. The first-order valence-corrected chi connectivity index (χ1v) is 9.71. The van der Waals surface area contributed by atoms with E-state index in [1.54, 1.807) is 30.3 Å².